The number of hydrogen-bond donors (Lipinski definition) is 1. The molecule has 4 nitrogen and oxygen atoms in total. The summed E-state index contributed by atoms with van der Waals surface area (Å²) in [6.07, 6.45) is 8.78. The third-order valence-corrected chi connectivity index (χ3v) is 9.06. The molecule has 170 valence electrons. The number of benzene rings is 1. The molecule has 1 aromatic carbocycles. The second-order valence-corrected chi connectivity index (χ2v) is 11.6. The maximum absolute atomic E-state index is 12.7. The number of halogens is 1. The Balaban J connectivity index is 0.00000231. The van der Waals surface area contributed by atoms with Crippen molar-refractivity contribution < 1.29 is 4.79 Å². The van der Waals surface area contributed by atoms with E-state index in [1.165, 1.54) is 49.3 Å². The summed E-state index contributed by atoms with van der Waals surface area (Å²) in [7, 11) is 2.13. The average molecular weight is 462 g/mol. The Hall–Kier alpha value is -1.20. The molecule has 0 spiro atoms. The van der Waals surface area contributed by atoms with Gasteiger partial charge in [0.2, 0.25) is 5.91 Å². The maximum atomic E-state index is 12.7. The first kappa shape index (κ1) is 23.0. The van der Waals surface area contributed by atoms with Crippen molar-refractivity contribution in [3.05, 3.63) is 29.8 Å². The fourth-order valence-electron chi connectivity index (χ4n) is 6.63. The van der Waals surface area contributed by atoms with Crippen LogP contribution in [0.1, 0.15) is 70.3 Å². The first-order valence-corrected chi connectivity index (χ1v) is 12.7. The van der Waals surface area contributed by atoms with Gasteiger partial charge in [0.1, 0.15) is 0 Å². The van der Waals surface area contributed by atoms with Gasteiger partial charge in [-0.2, -0.15) is 0 Å². The number of aliphatic imine (C=N–C) groups is 1. The molecular formula is C25H36ClN3OS. The molecule has 1 saturated heterocycles. The van der Waals surface area contributed by atoms with Crippen LogP contribution < -0.4 is 5.32 Å². The van der Waals surface area contributed by atoms with Crippen molar-refractivity contribution >= 4 is 40.9 Å². The van der Waals surface area contributed by atoms with E-state index in [0.29, 0.717) is 12.3 Å². The number of nitrogens with one attached hydrogen (secondary N) is 1. The Bertz CT molecular complexity index is 802. The van der Waals surface area contributed by atoms with Crippen LogP contribution in [0.25, 0.3) is 0 Å². The lowest BCUT2D eigenvalue weighted by Gasteiger charge is -2.55. The largest absolute Gasteiger partial charge is 0.350 e. The fraction of sp³-hybridized carbons (Fsp3) is 0.680. The van der Waals surface area contributed by atoms with Crippen molar-refractivity contribution in [1.82, 2.24) is 4.90 Å². The van der Waals surface area contributed by atoms with Crippen LogP contribution in [0.3, 0.4) is 0 Å². The smallest absolute Gasteiger partial charge is 0.226 e. The van der Waals surface area contributed by atoms with Crippen LogP contribution in [0.2, 0.25) is 0 Å². The molecule has 1 N–H and O–H groups in total. The highest BCUT2D eigenvalue weighted by Crippen LogP contribution is 2.57. The van der Waals surface area contributed by atoms with Crippen molar-refractivity contribution in [2.24, 2.45) is 22.7 Å². The number of carbonyl (C=O) groups excluding carboxylic acids is 1. The predicted molar refractivity (Wildman–Crippen MR) is 133 cm³/mol. The Morgan fingerprint density at radius 2 is 1.71 bits per heavy atom. The van der Waals surface area contributed by atoms with E-state index in [4.69, 9.17) is 4.99 Å². The first-order chi connectivity index (χ1) is 14.4. The molecule has 4 saturated carbocycles. The van der Waals surface area contributed by atoms with Crippen LogP contribution in [0.15, 0.2) is 29.3 Å². The third-order valence-electron chi connectivity index (χ3n) is 7.88. The SMILES string of the molecule is CC(C)c1ccc(NC(=O)CC2CSC(=NC34CC5CC(CC(C5)C3)C4)N2C)cc1.Cl. The zero-order chi connectivity index (χ0) is 20.9. The maximum Gasteiger partial charge on any atom is 0.226 e. The lowest BCUT2D eigenvalue weighted by molar-refractivity contribution is -0.116. The number of rotatable bonds is 5. The Morgan fingerprint density at radius 1 is 1.13 bits per heavy atom. The van der Waals surface area contributed by atoms with E-state index in [1.807, 2.05) is 23.9 Å². The topological polar surface area (TPSA) is 44.7 Å². The number of thioether (sulfide) groups is 1. The van der Waals surface area contributed by atoms with E-state index < -0.39 is 0 Å². The number of amidine groups is 1. The molecule has 4 aliphatic carbocycles. The van der Waals surface area contributed by atoms with Gasteiger partial charge in [-0.25, -0.2) is 0 Å². The van der Waals surface area contributed by atoms with Gasteiger partial charge in [0.25, 0.3) is 0 Å². The second-order valence-electron chi connectivity index (χ2n) is 10.6. The summed E-state index contributed by atoms with van der Waals surface area (Å²) >= 11 is 1.86. The summed E-state index contributed by atoms with van der Waals surface area (Å²) in [6, 6.07) is 8.47. The van der Waals surface area contributed by atoms with Gasteiger partial charge >= 0.3 is 0 Å². The Labute approximate surface area is 197 Å². The minimum atomic E-state index is 0. The summed E-state index contributed by atoms with van der Waals surface area (Å²) < 4.78 is 0. The molecule has 1 aliphatic heterocycles. The minimum Gasteiger partial charge on any atom is -0.350 e. The molecule has 31 heavy (non-hydrogen) atoms. The predicted octanol–water partition coefficient (Wildman–Crippen LogP) is 5.93. The molecule has 6 rings (SSSR count). The lowest BCUT2D eigenvalue weighted by atomic mass is 9.53. The quantitative estimate of drug-likeness (QED) is 0.590. The van der Waals surface area contributed by atoms with Gasteiger partial charge in [0.15, 0.2) is 5.17 Å². The highest BCUT2D eigenvalue weighted by molar-refractivity contribution is 8.14. The average Bonchev–Trinajstić information content (AvgIpc) is 3.00. The van der Waals surface area contributed by atoms with Gasteiger partial charge in [-0.1, -0.05) is 37.7 Å². The molecule has 0 aromatic heterocycles. The van der Waals surface area contributed by atoms with E-state index in [9.17, 15) is 4.79 Å². The Kier molecular flexibility index (Phi) is 6.65. The van der Waals surface area contributed by atoms with Crippen LogP contribution in [0, 0.1) is 17.8 Å². The second kappa shape index (κ2) is 8.97. The molecular weight excluding hydrogens is 426 g/mol. The van der Waals surface area contributed by atoms with Gasteiger partial charge in [-0.3, -0.25) is 9.79 Å². The molecule has 4 bridgehead atoms. The van der Waals surface area contributed by atoms with Crippen molar-refractivity contribution in [3.8, 4) is 0 Å². The highest BCUT2D eigenvalue weighted by atomic mass is 35.5. The molecule has 1 aromatic rings. The van der Waals surface area contributed by atoms with E-state index in [1.54, 1.807) is 0 Å². The lowest BCUT2D eigenvalue weighted by Crippen LogP contribution is -2.50. The van der Waals surface area contributed by atoms with Crippen LogP contribution in [-0.4, -0.2) is 40.4 Å². The van der Waals surface area contributed by atoms with E-state index in [0.717, 1.165) is 29.2 Å². The summed E-state index contributed by atoms with van der Waals surface area (Å²) in [5.41, 5.74) is 2.39. The van der Waals surface area contributed by atoms with Gasteiger partial charge in [-0.15, -0.1) is 12.4 Å². The molecule has 1 heterocycles. The molecule has 5 fully saturated rings. The third kappa shape index (κ3) is 4.78. The van der Waals surface area contributed by atoms with Crippen molar-refractivity contribution in [2.75, 3.05) is 18.1 Å². The molecule has 6 heteroatoms. The number of carbonyl (C=O) groups is 1. The van der Waals surface area contributed by atoms with Gasteiger partial charge in [-0.05, 0) is 79.9 Å². The van der Waals surface area contributed by atoms with Crippen LogP contribution in [0.5, 0.6) is 0 Å². The standard InChI is InChI=1S/C25H35N3OS.ClH/c1-16(2)20-4-6-21(7-5-20)26-23(29)11-22-15-30-24(28(22)3)27-25-12-17-8-18(13-25)10-19(9-17)14-25;/h4-7,16-19,22H,8-15H2,1-3H3,(H,26,29);1H. The van der Waals surface area contributed by atoms with Gasteiger partial charge in [0.05, 0.1) is 5.54 Å². The van der Waals surface area contributed by atoms with Crippen molar-refractivity contribution in [2.45, 2.75) is 76.3 Å². The van der Waals surface area contributed by atoms with Crippen LogP contribution in [0.4, 0.5) is 5.69 Å². The number of hydrogen-bond acceptors (Lipinski definition) is 3. The minimum absolute atomic E-state index is 0. The normalized spacial score (nSPS) is 35.0. The van der Waals surface area contributed by atoms with Crippen molar-refractivity contribution in [3.63, 3.8) is 0 Å². The van der Waals surface area contributed by atoms with E-state index in [-0.39, 0.29) is 29.9 Å². The molecule has 0 radical (unpaired) electrons. The zero-order valence-electron chi connectivity index (χ0n) is 19.0. The zero-order valence-corrected chi connectivity index (χ0v) is 20.6. The van der Waals surface area contributed by atoms with Crippen LogP contribution in [-0.2, 0) is 4.79 Å². The van der Waals surface area contributed by atoms with E-state index in [2.05, 4.69) is 43.2 Å². The van der Waals surface area contributed by atoms with Gasteiger partial charge < -0.3 is 10.2 Å². The Morgan fingerprint density at radius 3 is 2.26 bits per heavy atom. The van der Waals surface area contributed by atoms with Crippen molar-refractivity contribution in [1.29, 1.82) is 0 Å². The monoisotopic (exact) mass is 461 g/mol. The molecule has 1 atom stereocenters. The summed E-state index contributed by atoms with van der Waals surface area (Å²) in [4.78, 5) is 20.3. The number of nitrogens with zero attached hydrogens (tertiary/aromatic N) is 2. The summed E-state index contributed by atoms with van der Waals surface area (Å²) in [5.74, 6) is 4.32. The molecule has 1 amide bonds. The highest BCUT2D eigenvalue weighted by Gasteiger charge is 2.51. The number of amides is 1. The molecule has 5 aliphatic rings. The molecule has 1 unspecified atom stereocenters. The van der Waals surface area contributed by atoms with Crippen LogP contribution >= 0.6 is 24.2 Å². The van der Waals surface area contributed by atoms with Gasteiger partial charge in [0, 0.05) is 31.0 Å². The van der Waals surface area contributed by atoms with E-state index >= 15 is 0 Å². The summed E-state index contributed by atoms with van der Waals surface area (Å²) in [6.45, 7) is 4.37. The summed E-state index contributed by atoms with van der Waals surface area (Å²) in [5, 5.41) is 4.26. The number of anilines is 1. The first-order valence-electron chi connectivity index (χ1n) is 11.7. The fourth-order valence-corrected chi connectivity index (χ4v) is 7.92.